The minimum Gasteiger partial charge on any atom is -0.420 e. The third kappa shape index (κ3) is 5.23. The van der Waals surface area contributed by atoms with Crippen LogP contribution in [0.1, 0.15) is 37.8 Å². The Bertz CT molecular complexity index is 1690. The van der Waals surface area contributed by atoms with Crippen LogP contribution < -0.4 is 10.6 Å². The molecule has 2 aromatic carbocycles. The van der Waals surface area contributed by atoms with E-state index < -0.39 is 44.7 Å². The van der Waals surface area contributed by atoms with E-state index in [2.05, 4.69) is 15.3 Å². The number of fused-ring (bicyclic) bond motifs is 1. The zero-order chi connectivity index (χ0) is 29.0. The molecular weight excluding hydrogens is 549 g/mol. The van der Waals surface area contributed by atoms with Gasteiger partial charge in [0.25, 0.3) is 0 Å². The van der Waals surface area contributed by atoms with Gasteiger partial charge in [-0.1, -0.05) is 32.9 Å². The highest BCUT2D eigenvalue weighted by Crippen LogP contribution is 2.36. The summed E-state index contributed by atoms with van der Waals surface area (Å²) in [5.74, 6) is -0.623. The molecule has 0 fully saturated rings. The average molecular weight is 575 g/mol. The van der Waals surface area contributed by atoms with Gasteiger partial charge in [-0.3, -0.25) is 4.79 Å². The van der Waals surface area contributed by atoms with Gasteiger partial charge in [-0.2, -0.15) is 18.3 Å². The van der Waals surface area contributed by atoms with E-state index in [1.54, 1.807) is 24.3 Å². The van der Waals surface area contributed by atoms with Crippen LogP contribution in [-0.4, -0.2) is 46.1 Å². The molecule has 2 N–H and O–H groups in total. The molecule has 1 aliphatic rings. The van der Waals surface area contributed by atoms with E-state index in [9.17, 15) is 26.4 Å². The van der Waals surface area contributed by atoms with Crippen LogP contribution in [0, 0.1) is 0 Å². The Labute approximate surface area is 227 Å². The maximum atomic E-state index is 13.3. The number of benzene rings is 2. The number of hydrogen-bond donors (Lipinski definition) is 1. The van der Waals surface area contributed by atoms with Crippen molar-refractivity contribution in [2.24, 2.45) is 5.73 Å². The Morgan fingerprint density at radius 1 is 1.07 bits per heavy atom. The maximum absolute atomic E-state index is 13.3. The summed E-state index contributed by atoms with van der Waals surface area (Å²) >= 11 is 0. The number of amides is 1. The highest BCUT2D eigenvalue weighted by atomic mass is 32.2. The minimum absolute atomic E-state index is 0.0528. The summed E-state index contributed by atoms with van der Waals surface area (Å²) in [6.45, 7) is 5.66. The second-order valence-electron chi connectivity index (χ2n) is 10.5. The lowest BCUT2D eigenvalue weighted by Gasteiger charge is -2.24. The second kappa shape index (κ2) is 9.55. The smallest absolute Gasteiger partial charge is 0.419 e. The van der Waals surface area contributed by atoms with Gasteiger partial charge >= 0.3 is 6.18 Å². The molecule has 0 unspecified atom stereocenters. The Balaban J connectivity index is 1.51. The first-order valence-electron chi connectivity index (χ1n) is 12.1. The van der Waals surface area contributed by atoms with Crippen LogP contribution in [0.25, 0.3) is 17.1 Å². The number of alkyl halides is 3. The van der Waals surface area contributed by atoms with Crippen molar-refractivity contribution in [2.75, 3.05) is 10.7 Å². The molecule has 14 heteroatoms. The highest BCUT2D eigenvalue weighted by molar-refractivity contribution is 7.91. The van der Waals surface area contributed by atoms with Crippen molar-refractivity contribution in [3.63, 3.8) is 0 Å². The zero-order valence-electron chi connectivity index (χ0n) is 21.7. The fourth-order valence-corrected chi connectivity index (χ4v) is 5.75. The molecule has 4 aromatic rings. The molecule has 0 aliphatic carbocycles. The molecule has 1 atom stereocenters. The summed E-state index contributed by atoms with van der Waals surface area (Å²) in [5.41, 5.74) is 6.18. The molecule has 1 amide bonds. The van der Waals surface area contributed by atoms with Crippen LogP contribution in [0.3, 0.4) is 0 Å². The number of rotatable bonds is 4. The van der Waals surface area contributed by atoms with Gasteiger partial charge in [-0.05, 0) is 35.9 Å². The molecule has 0 spiro atoms. The SMILES string of the molecule is CC(C)(C)c1nnc(-c2ccc3c(c2)N(Cc2ccc(-n4cc(C(F)(F)F)cn4)cc2)C(=O)[C@@H](N)CS3(=O)=O)o1. The average Bonchev–Trinajstić information content (AvgIpc) is 3.56. The third-order valence-electron chi connectivity index (χ3n) is 6.33. The first-order chi connectivity index (χ1) is 18.6. The van der Waals surface area contributed by atoms with Gasteiger partial charge in [-0.25, -0.2) is 13.1 Å². The van der Waals surface area contributed by atoms with Crippen LogP contribution in [0.15, 0.2) is 64.2 Å². The lowest BCUT2D eigenvalue weighted by Crippen LogP contribution is -2.45. The van der Waals surface area contributed by atoms with Crippen LogP contribution in [-0.2, 0) is 32.8 Å². The van der Waals surface area contributed by atoms with E-state index in [0.717, 1.165) is 17.1 Å². The number of anilines is 1. The van der Waals surface area contributed by atoms with Crippen molar-refractivity contribution in [3.8, 4) is 17.1 Å². The van der Waals surface area contributed by atoms with Crippen molar-refractivity contribution in [3.05, 3.63) is 71.9 Å². The topological polar surface area (TPSA) is 137 Å². The molecule has 0 bridgehead atoms. The van der Waals surface area contributed by atoms with Crippen LogP contribution in [0.2, 0.25) is 0 Å². The number of aromatic nitrogens is 4. The first kappa shape index (κ1) is 27.5. The van der Waals surface area contributed by atoms with Gasteiger partial charge < -0.3 is 15.1 Å². The number of nitrogens with zero attached hydrogens (tertiary/aromatic N) is 5. The summed E-state index contributed by atoms with van der Waals surface area (Å²) in [6.07, 6.45) is -2.92. The molecule has 0 saturated heterocycles. The van der Waals surface area contributed by atoms with Crippen LogP contribution >= 0.6 is 0 Å². The van der Waals surface area contributed by atoms with E-state index in [4.69, 9.17) is 10.2 Å². The molecule has 3 heterocycles. The summed E-state index contributed by atoms with van der Waals surface area (Å²) in [5, 5.41) is 11.9. The van der Waals surface area contributed by atoms with E-state index in [0.29, 0.717) is 22.7 Å². The molecule has 0 saturated carbocycles. The van der Waals surface area contributed by atoms with Gasteiger partial charge in [0, 0.05) is 17.2 Å². The summed E-state index contributed by atoms with van der Waals surface area (Å²) in [4.78, 5) is 14.5. The predicted molar refractivity (Wildman–Crippen MR) is 138 cm³/mol. The molecule has 0 radical (unpaired) electrons. The molecule has 40 heavy (non-hydrogen) atoms. The maximum Gasteiger partial charge on any atom is 0.419 e. The fourth-order valence-electron chi connectivity index (χ4n) is 4.19. The van der Waals surface area contributed by atoms with Gasteiger partial charge in [0.1, 0.15) is 0 Å². The van der Waals surface area contributed by atoms with Crippen molar-refractivity contribution >= 4 is 21.4 Å². The number of halogens is 3. The normalized spacial score (nSPS) is 17.5. The lowest BCUT2D eigenvalue weighted by atomic mass is 9.97. The minimum atomic E-state index is -4.52. The van der Waals surface area contributed by atoms with Gasteiger partial charge in [0.2, 0.25) is 17.7 Å². The summed E-state index contributed by atoms with van der Waals surface area (Å²) in [6, 6.07) is 9.43. The monoisotopic (exact) mass is 574 g/mol. The molecule has 210 valence electrons. The molecule has 2 aromatic heterocycles. The second-order valence-corrected chi connectivity index (χ2v) is 12.5. The van der Waals surface area contributed by atoms with E-state index in [-0.39, 0.29) is 23.0 Å². The van der Waals surface area contributed by atoms with E-state index in [1.165, 1.54) is 23.1 Å². The quantitative estimate of drug-likeness (QED) is 0.388. The van der Waals surface area contributed by atoms with E-state index >= 15 is 0 Å². The third-order valence-corrected chi connectivity index (χ3v) is 8.15. The van der Waals surface area contributed by atoms with Crippen molar-refractivity contribution in [1.82, 2.24) is 20.0 Å². The highest BCUT2D eigenvalue weighted by Gasteiger charge is 2.37. The fraction of sp³-hybridized carbons (Fsp3) is 0.308. The van der Waals surface area contributed by atoms with Gasteiger partial charge in [0.05, 0.1) is 46.4 Å². The first-order valence-corrected chi connectivity index (χ1v) is 13.8. The standard InChI is InChI=1S/C26H25F3N6O4S/c1-25(2,3)24-33-32-22(39-24)16-6-9-21-20(10-16)34(23(36)19(30)14-40(21,37)38)12-15-4-7-18(8-5-15)35-13-17(11-31-35)26(27,28)29/h4-11,13,19H,12,14,30H2,1-3H3/t19-/m0/s1. The summed E-state index contributed by atoms with van der Waals surface area (Å²) < 4.78 is 72.0. The van der Waals surface area contributed by atoms with Gasteiger partial charge in [0.15, 0.2) is 9.84 Å². The number of carbonyl (C=O) groups excluding carboxylic acids is 1. The molecule has 1 aliphatic heterocycles. The number of hydrogen-bond acceptors (Lipinski definition) is 8. The number of sulfone groups is 1. The zero-order valence-corrected chi connectivity index (χ0v) is 22.5. The largest absolute Gasteiger partial charge is 0.420 e. The molecular formula is C26H25F3N6O4S. The Kier molecular flexibility index (Phi) is 6.57. The Morgan fingerprint density at radius 2 is 1.77 bits per heavy atom. The molecule has 10 nitrogen and oxygen atoms in total. The van der Waals surface area contributed by atoms with Gasteiger partial charge in [-0.15, -0.1) is 10.2 Å². The van der Waals surface area contributed by atoms with Crippen molar-refractivity contribution < 1.29 is 30.8 Å². The number of carbonyl (C=O) groups is 1. The summed E-state index contributed by atoms with van der Waals surface area (Å²) in [7, 11) is -3.91. The predicted octanol–water partition coefficient (Wildman–Crippen LogP) is 3.89. The van der Waals surface area contributed by atoms with Crippen molar-refractivity contribution in [1.29, 1.82) is 0 Å². The van der Waals surface area contributed by atoms with Crippen LogP contribution in [0.5, 0.6) is 0 Å². The van der Waals surface area contributed by atoms with Crippen LogP contribution in [0.4, 0.5) is 18.9 Å². The Hall–Kier alpha value is -4.04. The Morgan fingerprint density at radius 3 is 2.38 bits per heavy atom. The van der Waals surface area contributed by atoms with Crippen molar-refractivity contribution in [2.45, 2.75) is 49.8 Å². The van der Waals surface area contributed by atoms with E-state index in [1.807, 2.05) is 20.8 Å². The lowest BCUT2D eigenvalue weighted by molar-refractivity contribution is -0.137. The molecule has 5 rings (SSSR count). The number of nitrogens with two attached hydrogens (primary N) is 1.